The maximum absolute atomic E-state index is 12.5. The molecule has 1 saturated carbocycles. The molecule has 2 fully saturated rings. The Morgan fingerprint density at radius 3 is 2.47 bits per heavy atom. The molecule has 1 atom stereocenters. The quantitative estimate of drug-likeness (QED) is 0.568. The number of benzene rings is 1. The Hall–Kier alpha value is -2.64. The second-order valence-corrected chi connectivity index (χ2v) is 10.3. The highest BCUT2D eigenvalue weighted by Crippen LogP contribution is 2.23. The van der Waals surface area contributed by atoms with E-state index in [4.69, 9.17) is 5.26 Å². The first-order valence-corrected chi connectivity index (χ1v) is 12.6. The maximum atomic E-state index is 12.5. The van der Waals surface area contributed by atoms with Crippen molar-refractivity contribution in [2.45, 2.75) is 69.0 Å². The Morgan fingerprint density at radius 2 is 1.81 bits per heavy atom. The third-order valence-electron chi connectivity index (χ3n) is 6.14. The van der Waals surface area contributed by atoms with Crippen molar-refractivity contribution in [2.75, 3.05) is 13.1 Å². The van der Waals surface area contributed by atoms with E-state index in [1.165, 1.54) is 12.1 Å². The molecule has 0 bridgehead atoms. The van der Waals surface area contributed by atoms with Gasteiger partial charge in [-0.2, -0.15) is 5.26 Å². The van der Waals surface area contributed by atoms with Crippen molar-refractivity contribution in [3.05, 3.63) is 29.8 Å². The fourth-order valence-electron chi connectivity index (χ4n) is 4.20. The fraction of sp³-hybridized carbons (Fsp3) is 0.591. The maximum Gasteiger partial charge on any atom is 0.328 e. The van der Waals surface area contributed by atoms with Crippen molar-refractivity contribution in [2.24, 2.45) is 5.92 Å². The molecule has 1 heterocycles. The SMILES string of the molecule is CC1CCC(NC(=O)NS(=O)(=O)c2ccc(CNCC(=O)N3CCC[C@H]3C#N)cc2)CC1. The standard InChI is InChI=1S/C22H31N5O4S/c1-16-4-8-18(9-5-16)25-22(29)26-32(30,31)20-10-6-17(7-11-20)14-24-15-21(28)27-12-2-3-19(27)13-23/h6-7,10-11,16,18-19,24H,2-5,8-9,12,14-15H2,1H3,(H2,25,26,29)/t16?,18?,19-/m0/s1. The van der Waals surface area contributed by atoms with Gasteiger partial charge in [0.2, 0.25) is 5.91 Å². The number of carbonyl (C=O) groups excluding carboxylic acids is 2. The third kappa shape index (κ3) is 6.43. The van der Waals surface area contributed by atoms with E-state index in [2.05, 4.69) is 28.3 Å². The number of urea groups is 1. The van der Waals surface area contributed by atoms with Crippen LogP contribution in [0.1, 0.15) is 51.0 Å². The molecular weight excluding hydrogens is 430 g/mol. The van der Waals surface area contributed by atoms with Gasteiger partial charge >= 0.3 is 6.03 Å². The highest BCUT2D eigenvalue weighted by atomic mass is 32.2. The molecule has 1 aliphatic heterocycles. The number of carbonyl (C=O) groups is 2. The minimum absolute atomic E-state index is 0.00123. The average molecular weight is 462 g/mol. The Balaban J connectivity index is 1.46. The van der Waals surface area contributed by atoms with Crippen LogP contribution in [0.2, 0.25) is 0 Å². The monoisotopic (exact) mass is 461 g/mol. The molecule has 2 aliphatic rings. The van der Waals surface area contributed by atoms with Gasteiger partial charge in [0.15, 0.2) is 0 Å². The van der Waals surface area contributed by atoms with E-state index < -0.39 is 16.1 Å². The number of hydrogen-bond donors (Lipinski definition) is 3. The Labute approximate surface area is 189 Å². The summed E-state index contributed by atoms with van der Waals surface area (Å²) < 4.78 is 27.1. The summed E-state index contributed by atoms with van der Waals surface area (Å²) in [6.45, 7) is 3.27. The van der Waals surface area contributed by atoms with E-state index in [-0.39, 0.29) is 29.4 Å². The number of nitrogens with one attached hydrogen (secondary N) is 3. The van der Waals surface area contributed by atoms with E-state index >= 15 is 0 Å². The lowest BCUT2D eigenvalue weighted by molar-refractivity contribution is -0.130. The molecule has 1 saturated heterocycles. The second kappa shape index (κ2) is 10.8. The highest BCUT2D eigenvalue weighted by molar-refractivity contribution is 7.90. The number of likely N-dealkylation sites (tertiary alicyclic amines) is 1. The van der Waals surface area contributed by atoms with Gasteiger partial charge in [-0.25, -0.2) is 17.9 Å². The number of nitriles is 1. The number of hydrogen-bond acceptors (Lipinski definition) is 6. The summed E-state index contributed by atoms with van der Waals surface area (Å²) in [5, 5.41) is 14.9. The molecule has 0 radical (unpaired) electrons. The molecule has 3 amide bonds. The van der Waals surface area contributed by atoms with E-state index in [9.17, 15) is 18.0 Å². The minimum Gasteiger partial charge on any atom is -0.335 e. The molecule has 0 aromatic heterocycles. The van der Waals surface area contributed by atoms with E-state index in [1.54, 1.807) is 17.0 Å². The summed E-state index contributed by atoms with van der Waals surface area (Å²) in [7, 11) is -3.97. The Morgan fingerprint density at radius 1 is 1.12 bits per heavy atom. The number of sulfonamides is 1. The number of nitrogens with zero attached hydrogens (tertiary/aromatic N) is 2. The molecule has 1 aliphatic carbocycles. The first kappa shape index (κ1) is 24.0. The lowest BCUT2D eigenvalue weighted by atomic mass is 9.87. The smallest absolute Gasteiger partial charge is 0.328 e. The molecule has 1 aromatic carbocycles. The topological polar surface area (TPSA) is 131 Å². The van der Waals surface area contributed by atoms with Gasteiger partial charge < -0.3 is 15.5 Å². The van der Waals surface area contributed by atoms with Crippen molar-refractivity contribution < 1.29 is 18.0 Å². The van der Waals surface area contributed by atoms with E-state index in [0.717, 1.165) is 37.7 Å². The highest BCUT2D eigenvalue weighted by Gasteiger charge is 2.28. The van der Waals surface area contributed by atoms with Crippen LogP contribution in [0, 0.1) is 17.2 Å². The molecule has 10 heteroatoms. The average Bonchev–Trinajstić information content (AvgIpc) is 3.24. The van der Waals surface area contributed by atoms with Crippen LogP contribution >= 0.6 is 0 Å². The van der Waals surface area contributed by atoms with Crippen LogP contribution in [-0.4, -0.2) is 50.4 Å². The van der Waals surface area contributed by atoms with Crippen LogP contribution in [-0.2, 0) is 21.4 Å². The van der Waals surface area contributed by atoms with Gasteiger partial charge in [0.05, 0.1) is 17.5 Å². The van der Waals surface area contributed by atoms with Crippen molar-refractivity contribution in [1.82, 2.24) is 20.3 Å². The molecule has 1 aromatic rings. The predicted octanol–water partition coefficient (Wildman–Crippen LogP) is 1.86. The summed E-state index contributed by atoms with van der Waals surface area (Å²) >= 11 is 0. The molecule has 32 heavy (non-hydrogen) atoms. The second-order valence-electron chi connectivity index (χ2n) is 8.66. The lowest BCUT2D eigenvalue weighted by Gasteiger charge is -2.26. The minimum atomic E-state index is -3.97. The van der Waals surface area contributed by atoms with Gasteiger partial charge in [0.1, 0.15) is 6.04 Å². The van der Waals surface area contributed by atoms with Gasteiger partial charge in [0.25, 0.3) is 10.0 Å². The van der Waals surface area contributed by atoms with Gasteiger partial charge in [-0.3, -0.25) is 4.79 Å². The van der Waals surface area contributed by atoms with Crippen LogP contribution in [0.4, 0.5) is 4.79 Å². The van der Waals surface area contributed by atoms with Gasteiger partial charge in [-0.05, 0) is 62.1 Å². The Kier molecular flexibility index (Phi) is 8.10. The van der Waals surface area contributed by atoms with Gasteiger partial charge in [-0.15, -0.1) is 0 Å². The molecule has 3 N–H and O–H groups in total. The zero-order chi connectivity index (χ0) is 23.1. The number of rotatable bonds is 7. The van der Waals surface area contributed by atoms with Crippen molar-refractivity contribution in [3.63, 3.8) is 0 Å². The van der Waals surface area contributed by atoms with Crippen LogP contribution in [0.25, 0.3) is 0 Å². The molecule has 0 spiro atoms. The predicted molar refractivity (Wildman–Crippen MR) is 119 cm³/mol. The third-order valence-corrected chi connectivity index (χ3v) is 7.49. The zero-order valence-electron chi connectivity index (χ0n) is 18.3. The summed E-state index contributed by atoms with van der Waals surface area (Å²) in [5.74, 6) is 0.525. The summed E-state index contributed by atoms with van der Waals surface area (Å²) in [5.41, 5.74) is 0.802. The first-order chi connectivity index (χ1) is 15.3. The van der Waals surface area contributed by atoms with Crippen LogP contribution in [0.15, 0.2) is 29.2 Å². The summed E-state index contributed by atoms with van der Waals surface area (Å²) in [4.78, 5) is 26.0. The van der Waals surface area contributed by atoms with E-state index in [1.807, 2.05) is 0 Å². The zero-order valence-corrected chi connectivity index (χ0v) is 19.2. The summed E-state index contributed by atoms with van der Waals surface area (Å²) in [6, 6.07) is 7.24. The lowest BCUT2D eigenvalue weighted by Crippen LogP contribution is -2.45. The van der Waals surface area contributed by atoms with Crippen LogP contribution in [0.5, 0.6) is 0 Å². The first-order valence-electron chi connectivity index (χ1n) is 11.1. The molecular formula is C22H31N5O4S. The van der Waals surface area contributed by atoms with Crippen molar-refractivity contribution >= 4 is 22.0 Å². The van der Waals surface area contributed by atoms with Crippen molar-refractivity contribution in [1.29, 1.82) is 5.26 Å². The Bertz CT molecular complexity index is 950. The molecule has 0 unspecified atom stereocenters. The fourth-order valence-corrected chi connectivity index (χ4v) is 5.12. The van der Waals surface area contributed by atoms with Crippen LogP contribution < -0.4 is 15.4 Å². The van der Waals surface area contributed by atoms with E-state index in [0.29, 0.717) is 25.4 Å². The normalized spacial score (nSPS) is 23.4. The molecule has 3 rings (SSSR count). The number of amides is 3. The van der Waals surface area contributed by atoms with Gasteiger partial charge in [0, 0.05) is 19.1 Å². The molecule has 174 valence electrons. The van der Waals surface area contributed by atoms with Crippen molar-refractivity contribution in [3.8, 4) is 6.07 Å². The largest absolute Gasteiger partial charge is 0.335 e. The van der Waals surface area contributed by atoms with Crippen LogP contribution in [0.3, 0.4) is 0 Å². The molecule has 9 nitrogen and oxygen atoms in total. The summed E-state index contributed by atoms with van der Waals surface area (Å²) in [6.07, 6.45) is 5.31. The van der Waals surface area contributed by atoms with Gasteiger partial charge in [-0.1, -0.05) is 19.1 Å².